The summed E-state index contributed by atoms with van der Waals surface area (Å²) in [5.41, 5.74) is 3.09. The van der Waals surface area contributed by atoms with Crippen molar-refractivity contribution in [2.45, 2.75) is 19.8 Å². The molecular formula is C11H12N2O. The van der Waals surface area contributed by atoms with Crippen LogP contribution in [0.15, 0.2) is 24.4 Å². The summed E-state index contributed by atoms with van der Waals surface area (Å²) in [4.78, 5) is 14.7. The number of hydrogen-bond acceptors (Lipinski definition) is 2. The van der Waals surface area contributed by atoms with Crippen LogP contribution in [0.2, 0.25) is 0 Å². The van der Waals surface area contributed by atoms with Crippen LogP contribution in [0.5, 0.6) is 0 Å². The number of imidazole rings is 1. The van der Waals surface area contributed by atoms with Crippen molar-refractivity contribution < 1.29 is 4.79 Å². The molecule has 0 saturated carbocycles. The van der Waals surface area contributed by atoms with Crippen LogP contribution < -0.4 is 0 Å². The minimum absolute atomic E-state index is 0.559. The average molecular weight is 188 g/mol. The first-order valence-electron chi connectivity index (χ1n) is 4.69. The molecule has 0 aromatic carbocycles. The number of fused-ring (bicyclic) bond motifs is 1. The highest BCUT2D eigenvalue weighted by molar-refractivity contribution is 5.51. The summed E-state index contributed by atoms with van der Waals surface area (Å²) in [6.07, 6.45) is 4.25. The van der Waals surface area contributed by atoms with Gasteiger partial charge in [-0.2, -0.15) is 0 Å². The zero-order valence-electron chi connectivity index (χ0n) is 8.10. The Morgan fingerprint density at radius 3 is 3.14 bits per heavy atom. The van der Waals surface area contributed by atoms with Crippen molar-refractivity contribution in [3.8, 4) is 0 Å². The van der Waals surface area contributed by atoms with Crippen LogP contribution in [0, 0.1) is 6.92 Å². The van der Waals surface area contributed by atoms with Gasteiger partial charge in [0, 0.05) is 18.3 Å². The fourth-order valence-corrected chi connectivity index (χ4v) is 1.66. The van der Waals surface area contributed by atoms with Gasteiger partial charge in [0.15, 0.2) is 0 Å². The van der Waals surface area contributed by atoms with Crippen LogP contribution in [0.3, 0.4) is 0 Å². The van der Waals surface area contributed by atoms with Gasteiger partial charge in [0.25, 0.3) is 0 Å². The van der Waals surface area contributed by atoms with E-state index in [9.17, 15) is 4.79 Å². The summed E-state index contributed by atoms with van der Waals surface area (Å²) in [6.45, 7) is 1.98. The molecule has 0 fully saturated rings. The van der Waals surface area contributed by atoms with Crippen LogP contribution in [0.1, 0.15) is 17.8 Å². The maximum Gasteiger partial charge on any atom is 0.137 e. The molecule has 2 heterocycles. The van der Waals surface area contributed by atoms with Gasteiger partial charge in [0.05, 0.1) is 5.69 Å². The van der Waals surface area contributed by atoms with E-state index in [1.807, 2.05) is 35.7 Å². The van der Waals surface area contributed by atoms with Gasteiger partial charge in [0.2, 0.25) is 0 Å². The number of aromatic nitrogens is 2. The van der Waals surface area contributed by atoms with Crippen molar-refractivity contribution in [1.82, 2.24) is 9.38 Å². The number of carbonyl (C=O) groups excluding carboxylic acids is 1. The molecule has 0 radical (unpaired) electrons. The highest BCUT2D eigenvalue weighted by Crippen LogP contribution is 2.12. The van der Waals surface area contributed by atoms with E-state index in [0.717, 1.165) is 29.7 Å². The first-order chi connectivity index (χ1) is 6.83. The quantitative estimate of drug-likeness (QED) is 0.688. The molecule has 72 valence electrons. The Morgan fingerprint density at radius 1 is 1.50 bits per heavy atom. The molecule has 0 aliphatic carbocycles. The number of pyridine rings is 1. The Kier molecular flexibility index (Phi) is 2.31. The Bertz CT molecular complexity index is 459. The normalized spacial score (nSPS) is 10.6. The van der Waals surface area contributed by atoms with Crippen LogP contribution in [0.4, 0.5) is 0 Å². The molecule has 0 spiro atoms. The number of carbonyl (C=O) groups is 1. The number of hydrogen-bond donors (Lipinski definition) is 0. The highest BCUT2D eigenvalue weighted by Gasteiger charge is 2.06. The average Bonchev–Trinajstić information content (AvgIpc) is 2.51. The number of aldehydes is 1. The highest BCUT2D eigenvalue weighted by atomic mass is 16.1. The molecule has 2 rings (SSSR count). The summed E-state index contributed by atoms with van der Waals surface area (Å²) in [5, 5.41) is 0. The van der Waals surface area contributed by atoms with Crippen molar-refractivity contribution in [3.05, 3.63) is 35.8 Å². The van der Waals surface area contributed by atoms with Gasteiger partial charge in [-0.1, -0.05) is 6.07 Å². The predicted molar refractivity (Wildman–Crippen MR) is 54.3 cm³/mol. The fourth-order valence-electron chi connectivity index (χ4n) is 1.66. The van der Waals surface area contributed by atoms with Crippen molar-refractivity contribution in [1.29, 1.82) is 0 Å². The van der Waals surface area contributed by atoms with Gasteiger partial charge in [-0.05, 0) is 25.5 Å². The number of aryl methyl sites for hydroxylation is 2. The van der Waals surface area contributed by atoms with Gasteiger partial charge in [-0.15, -0.1) is 0 Å². The molecule has 2 aromatic heterocycles. The smallest absolute Gasteiger partial charge is 0.137 e. The second-order valence-corrected chi connectivity index (χ2v) is 3.28. The number of rotatable bonds is 3. The molecule has 0 N–H and O–H groups in total. The Hall–Kier alpha value is -1.64. The molecule has 3 heteroatoms. The second kappa shape index (κ2) is 3.62. The minimum Gasteiger partial charge on any atom is -0.304 e. The third-order valence-electron chi connectivity index (χ3n) is 2.33. The van der Waals surface area contributed by atoms with E-state index >= 15 is 0 Å². The second-order valence-electron chi connectivity index (χ2n) is 3.28. The monoisotopic (exact) mass is 188 g/mol. The molecule has 3 nitrogen and oxygen atoms in total. The van der Waals surface area contributed by atoms with E-state index in [2.05, 4.69) is 4.98 Å². The molecule has 0 bridgehead atoms. The SMILES string of the molecule is Cc1nc2ccccn2c1CCC=O. The van der Waals surface area contributed by atoms with E-state index < -0.39 is 0 Å². The molecule has 0 unspecified atom stereocenters. The van der Waals surface area contributed by atoms with Crippen molar-refractivity contribution in [2.75, 3.05) is 0 Å². The zero-order chi connectivity index (χ0) is 9.97. The van der Waals surface area contributed by atoms with Gasteiger partial charge < -0.3 is 9.20 Å². The molecule has 0 aliphatic heterocycles. The van der Waals surface area contributed by atoms with Crippen LogP contribution in [-0.2, 0) is 11.2 Å². The lowest BCUT2D eigenvalue weighted by atomic mass is 10.2. The summed E-state index contributed by atoms with van der Waals surface area (Å²) in [5.74, 6) is 0. The Balaban J connectivity index is 2.50. The van der Waals surface area contributed by atoms with Crippen LogP contribution in [0.25, 0.3) is 5.65 Å². The van der Waals surface area contributed by atoms with Gasteiger partial charge >= 0.3 is 0 Å². The fraction of sp³-hybridized carbons (Fsp3) is 0.273. The third kappa shape index (κ3) is 1.41. The molecule has 0 saturated heterocycles. The zero-order valence-corrected chi connectivity index (χ0v) is 8.10. The molecule has 0 aliphatic rings. The van der Waals surface area contributed by atoms with Crippen molar-refractivity contribution in [3.63, 3.8) is 0 Å². The lowest BCUT2D eigenvalue weighted by molar-refractivity contribution is -0.107. The summed E-state index contributed by atoms with van der Waals surface area (Å²) >= 11 is 0. The van der Waals surface area contributed by atoms with Gasteiger partial charge in [0.1, 0.15) is 11.9 Å². The standard InChI is InChI=1S/C11H12N2O/c1-9-10(5-4-8-14)13-7-3-2-6-11(13)12-9/h2-3,6-8H,4-5H2,1H3. The lowest BCUT2D eigenvalue weighted by Gasteiger charge is -1.99. The first kappa shape index (κ1) is 8.94. The molecule has 14 heavy (non-hydrogen) atoms. The van der Waals surface area contributed by atoms with E-state index in [0.29, 0.717) is 6.42 Å². The van der Waals surface area contributed by atoms with Crippen LogP contribution >= 0.6 is 0 Å². The summed E-state index contributed by atoms with van der Waals surface area (Å²) in [7, 11) is 0. The van der Waals surface area contributed by atoms with E-state index in [1.54, 1.807) is 0 Å². The van der Waals surface area contributed by atoms with Gasteiger partial charge in [-0.3, -0.25) is 0 Å². The van der Waals surface area contributed by atoms with E-state index in [1.165, 1.54) is 0 Å². The molecule has 2 aromatic rings. The third-order valence-corrected chi connectivity index (χ3v) is 2.33. The molecule has 0 amide bonds. The summed E-state index contributed by atoms with van der Waals surface area (Å²) < 4.78 is 2.04. The Morgan fingerprint density at radius 2 is 2.36 bits per heavy atom. The molecule has 0 atom stereocenters. The van der Waals surface area contributed by atoms with E-state index in [4.69, 9.17) is 0 Å². The van der Waals surface area contributed by atoms with Crippen LogP contribution in [-0.4, -0.2) is 15.7 Å². The summed E-state index contributed by atoms with van der Waals surface area (Å²) in [6, 6.07) is 5.90. The first-order valence-corrected chi connectivity index (χ1v) is 4.69. The minimum atomic E-state index is 0.559. The number of nitrogens with zero attached hydrogens (tertiary/aromatic N) is 2. The Labute approximate surface area is 82.4 Å². The van der Waals surface area contributed by atoms with Crippen molar-refractivity contribution >= 4 is 11.9 Å². The predicted octanol–water partition coefficient (Wildman–Crippen LogP) is 1.77. The lowest BCUT2D eigenvalue weighted by Crippen LogP contribution is -1.94. The molecular weight excluding hydrogens is 176 g/mol. The topological polar surface area (TPSA) is 34.4 Å². The largest absolute Gasteiger partial charge is 0.304 e. The van der Waals surface area contributed by atoms with Gasteiger partial charge in [-0.25, -0.2) is 4.98 Å². The maximum atomic E-state index is 10.3. The maximum absolute atomic E-state index is 10.3. The van der Waals surface area contributed by atoms with E-state index in [-0.39, 0.29) is 0 Å². The van der Waals surface area contributed by atoms with Crippen molar-refractivity contribution in [2.24, 2.45) is 0 Å².